The number of halogens is 2. The maximum atomic E-state index is 13.7. The van der Waals surface area contributed by atoms with E-state index in [0.29, 0.717) is 16.7 Å². The third-order valence-electron chi connectivity index (χ3n) is 5.17. The molecule has 164 valence electrons. The van der Waals surface area contributed by atoms with Crippen molar-refractivity contribution < 1.29 is 27.8 Å². The van der Waals surface area contributed by atoms with Crippen LogP contribution in [0, 0.1) is 5.82 Å². The monoisotopic (exact) mass is 437 g/mol. The summed E-state index contributed by atoms with van der Waals surface area (Å²) >= 11 is 0. The third kappa shape index (κ3) is 4.63. The molecule has 4 aromatic rings. The molecule has 0 aliphatic rings. The Kier molecular flexibility index (Phi) is 6.18. The Morgan fingerprint density at radius 1 is 1.12 bits per heavy atom. The molecule has 4 rings (SSSR count). The summed E-state index contributed by atoms with van der Waals surface area (Å²) in [4.78, 5) is 11.1. The molecule has 3 aromatic carbocycles. The van der Waals surface area contributed by atoms with E-state index in [-0.39, 0.29) is 18.8 Å². The Morgan fingerprint density at radius 2 is 1.97 bits per heavy atom. The number of carbonyl (C=O) groups is 1. The topological polar surface area (TPSA) is 85.7 Å². The van der Waals surface area contributed by atoms with Gasteiger partial charge in [0.25, 0.3) is 0 Å². The predicted molar refractivity (Wildman–Crippen MR) is 117 cm³/mol. The van der Waals surface area contributed by atoms with E-state index in [2.05, 4.69) is 0 Å². The lowest BCUT2D eigenvalue weighted by atomic mass is 9.97. The van der Waals surface area contributed by atoms with E-state index in [4.69, 9.17) is 20.0 Å². The number of ether oxygens (including phenoxy) is 1. The van der Waals surface area contributed by atoms with Gasteiger partial charge in [0.1, 0.15) is 30.4 Å². The van der Waals surface area contributed by atoms with Gasteiger partial charge in [0.2, 0.25) is 0 Å². The van der Waals surface area contributed by atoms with Crippen LogP contribution in [0.15, 0.2) is 71.3 Å². The number of hydrogen-bond donors (Lipinski definition) is 2. The Hall–Kier alpha value is -3.71. The number of carboxylic acid groups (broad SMARTS) is 1. The average molecular weight is 437 g/mol. The van der Waals surface area contributed by atoms with Gasteiger partial charge in [0, 0.05) is 22.6 Å². The maximum absolute atomic E-state index is 13.7. The first-order valence-electron chi connectivity index (χ1n) is 9.99. The standard InChI is InChI=1S/C25H21F2NO4/c26-13-22(28)17-3-1-2-16(10-17)21-9-15(8-19-6-7-31-25(19)21)14-32-23-12-20(27)5-4-18(23)11-24(29)30/h1-10,12,22H,11,13-14,28H2,(H,29,30). The van der Waals surface area contributed by atoms with Gasteiger partial charge in [-0.3, -0.25) is 4.79 Å². The maximum Gasteiger partial charge on any atom is 0.307 e. The summed E-state index contributed by atoms with van der Waals surface area (Å²) in [6.07, 6.45) is 1.30. The molecule has 7 heteroatoms. The Morgan fingerprint density at radius 3 is 2.75 bits per heavy atom. The van der Waals surface area contributed by atoms with Gasteiger partial charge in [-0.25, -0.2) is 8.78 Å². The summed E-state index contributed by atoms with van der Waals surface area (Å²) in [7, 11) is 0. The highest BCUT2D eigenvalue weighted by molar-refractivity contribution is 5.93. The molecule has 5 nitrogen and oxygen atoms in total. The molecule has 0 saturated carbocycles. The van der Waals surface area contributed by atoms with Crippen molar-refractivity contribution in [2.24, 2.45) is 5.73 Å². The number of nitrogens with two attached hydrogens (primary N) is 1. The van der Waals surface area contributed by atoms with Crippen LogP contribution in [-0.2, 0) is 17.8 Å². The van der Waals surface area contributed by atoms with E-state index >= 15 is 0 Å². The fraction of sp³-hybridized carbons (Fsp3) is 0.160. The second kappa shape index (κ2) is 9.20. The van der Waals surface area contributed by atoms with E-state index in [1.54, 1.807) is 12.3 Å². The Balaban J connectivity index is 1.68. The largest absolute Gasteiger partial charge is 0.488 e. The van der Waals surface area contributed by atoms with E-state index in [1.807, 2.05) is 36.4 Å². The van der Waals surface area contributed by atoms with Crippen molar-refractivity contribution in [1.29, 1.82) is 0 Å². The molecular formula is C25H21F2NO4. The molecule has 1 aromatic heterocycles. The number of alkyl halides is 1. The van der Waals surface area contributed by atoms with Crippen LogP contribution in [0.3, 0.4) is 0 Å². The fourth-order valence-electron chi connectivity index (χ4n) is 3.60. The summed E-state index contributed by atoms with van der Waals surface area (Å²) in [6.45, 7) is -0.576. The van der Waals surface area contributed by atoms with Crippen LogP contribution in [0.4, 0.5) is 8.78 Å². The van der Waals surface area contributed by atoms with E-state index in [1.165, 1.54) is 18.2 Å². The van der Waals surface area contributed by atoms with Gasteiger partial charge in [-0.1, -0.05) is 24.3 Å². The summed E-state index contributed by atoms with van der Waals surface area (Å²) in [5, 5.41) is 9.93. The molecule has 32 heavy (non-hydrogen) atoms. The summed E-state index contributed by atoms with van der Waals surface area (Å²) in [6, 6.07) is 15.9. The Bertz CT molecular complexity index is 1270. The predicted octanol–water partition coefficient (Wildman–Crippen LogP) is 5.41. The van der Waals surface area contributed by atoms with Gasteiger partial charge >= 0.3 is 5.97 Å². The van der Waals surface area contributed by atoms with Crippen molar-refractivity contribution in [3.63, 3.8) is 0 Å². The molecule has 1 atom stereocenters. The van der Waals surface area contributed by atoms with Crippen LogP contribution in [0.1, 0.15) is 22.7 Å². The minimum atomic E-state index is -1.03. The second-order valence-electron chi connectivity index (χ2n) is 7.48. The molecule has 0 bridgehead atoms. The van der Waals surface area contributed by atoms with E-state index < -0.39 is 24.5 Å². The zero-order valence-electron chi connectivity index (χ0n) is 17.1. The van der Waals surface area contributed by atoms with E-state index in [9.17, 15) is 13.6 Å². The molecule has 0 saturated heterocycles. The van der Waals surface area contributed by atoms with Crippen LogP contribution in [0.2, 0.25) is 0 Å². The second-order valence-corrected chi connectivity index (χ2v) is 7.48. The van der Waals surface area contributed by atoms with Crippen molar-refractivity contribution in [3.8, 4) is 16.9 Å². The average Bonchev–Trinajstić information content (AvgIpc) is 3.26. The molecule has 0 amide bonds. The molecule has 0 radical (unpaired) electrons. The highest BCUT2D eigenvalue weighted by Crippen LogP contribution is 2.33. The smallest absolute Gasteiger partial charge is 0.307 e. The van der Waals surface area contributed by atoms with E-state index in [0.717, 1.165) is 22.1 Å². The zero-order chi connectivity index (χ0) is 22.7. The first-order valence-corrected chi connectivity index (χ1v) is 9.99. The Labute approximate surface area is 183 Å². The molecule has 1 unspecified atom stereocenters. The van der Waals surface area contributed by atoms with Crippen LogP contribution in [0.25, 0.3) is 22.1 Å². The van der Waals surface area contributed by atoms with Gasteiger partial charge in [-0.15, -0.1) is 0 Å². The molecular weight excluding hydrogens is 416 g/mol. The number of carboxylic acids is 1. The number of rotatable bonds is 8. The van der Waals surface area contributed by atoms with Crippen LogP contribution in [0.5, 0.6) is 5.75 Å². The minimum absolute atomic E-state index is 0.0911. The van der Waals surface area contributed by atoms with Crippen LogP contribution >= 0.6 is 0 Å². The number of hydrogen-bond acceptors (Lipinski definition) is 4. The summed E-state index contributed by atoms with van der Waals surface area (Å²) in [5.41, 5.74) is 9.94. The minimum Gasteiger partial charge on any atom is -0.488 e. The lowest BCUT2D eigenvalue weighted by Crippen LogP contribution is -2.11. The lowest BCUT2D eigenvalue weighted by Gasteiger charge is -2.13. The number of benzene rings is 3. The van der Waals surface area contributed by atoms with Gasteiger partial charge in [-0.2, -0.15) is 0 Å². The molecule has 3 N–H and O–H groups in total. The van der Waals surface area contributed by atoms with Gasteiger partial charge in [-0.05, 0) is 47.0 Å². The quantitative estimate of drug-likeness (QED) is 0.385. The molecule has 0 spiro atoms. The normalized spacial score (nSPS) is 12.1. The SMILES string of the molecule is NC(CF)c1cccc(-c2cc(COc3cc(F)ccc3CC(=O)O)cc3ccoc23)c1. The molecule has 0 aliphatic heterocycles. The molecule has 1 heterocycles. The third-order valence-corrected chi connectivity index (χ3v) is 5.17. The molecule has 0 fully saturated rings. The summed E-state index contributed by atoms with van der Waals surface area (Å²) < 4.78 is 38.2. The highest BCUT2D eigenvalue weighted by atomic mass is 19.1. The van der Waals surface area contributed by atoms with Gasteiger partial charge < -0.3 is 20.0 Å². The van der Waals surface area contributed by atoms with Gasteiger partial charge in [0.05, 0.1) is 18.7 Å². The first-order chi connectivity index (χ1) is 15.4. The van der Waals surface area contributed by atoms with Crippen molar-refractivity contribution >= 4 is 16.9 Å². The van der Waals surface area contributed by atoms with Crippen molar-refractivity contribution in [3.05, 3.63) is 89.4 Å². The first kappa shape index (κ1) is 21.5. The highest BCUT2D eigenvalue weighted by Gasteiger charge is 2.14. The van der Waals surface area contributed by atoms with Crippen molar-refractivity contribution in [2.45, 2.75) is 19.1 Å². The summed E-state index contributed by atoms with van der Waals surface area (Å²) in [5.74, 6) is -1.37. The van der Waals surface area contributed by atoms with Crippen LogP contribution < -0.4 is 10.5 Å². The van der Waals surface area contributed by atoms with Crippen LogP contribution in [-0.4, -0.2) is 17.8 Å². The van der Waals surface area contributed by atoms with Gasteiger partial charge in [0.15, 0.2) is 0 Å². The number of fused-ring (bicyclic) bond motifs is 1. The molecule has 0 aliphatic carbocycles. The number of aliphatic carboxylic acids is 1. The fourth-order valence-corrected chi connectivity index (χ4v) is 3.60. The lowest BCUT2D eigenvalue weighted by molar-refractivity contribution is -0.136. The number of furan rings is 1. The van der Waals surface area contributed by atoms with Crippen molar-refractivity contribution in [2.75, 3.05) is 6.67 Å². The zero-order valence-corrected chi connectivity index (χ0v) is 17.1. The van der Waals surface area contributed by atoms with Crippen molar-refractivity contribution in [1.82, 2.24) is 0 Å².